The molecule has 7 heteroatoms. The van der Waals surface area contributed by atoms with Gasteiger partial charge < -0.3 is 9.64 Å². The van der Waals surface area contributed by atoms with Gasteiger partial charge in [0, 0.05) is 25.6 Å². The zero-order chi connectivity index (χ0) is 14.6. The van der Waals surface area contributed by atoms with Crippen LogP contribution in [0.1, 0.15) is 32.1 Å². The number of carbonyl (C=O) groups is 1. The van der Waals surface area contributed by atoms with E-state index >= 15 is 0 Å². The van der Waals surface area contributed by atoms with Gasteiger partial charge in [-0.2, -0.15) is 0 Å². The van der Waals surface area contributed by atoms with Crippen LogP contribution in [0, 0.1) is 5.92 Å². The van der Waals surface area contributed by atoms with E-state index in [-0.39, 0.29) is 18.1 Å². The lowest BCUT2D eigenvalue weighted by molar-refractivity contribution is -0.140. The van der Waals surface area contributed by atoms with Crippen LogP contribution in [0.3, 0.4) is 0 Å². The van der Waals surface area contributed by atoms with E-state index in [9.17, 15) is 13.2 Å². The van der Waals surface area contributed by atoms with Gasteiger partial charge in [0.25, 0.3) is 0 Å². The number of likely N-dealkylation sites (tertiary alicyclic amines) is 1. The second-order valence-corrected chi connectivity index (χ2v) is 7.65. The minimum atomic E-state index is -3.27. The molecule has 1 saturated heterocycles. The first-order valence-electron chi connectivity index (χ1n) is 7.28. The van der Waals surface area contributed by atoms with Crippen molar-refractivity contribution in [2.45, 2.75) is 38.1 Å². The monoisotopic (exact) mass is 304 g/mol. The minimum Gasteiger partial charge on any atom is -0.469 e. The average Bonchev–Trinajstić information content (AvgIpc) is 3.15. The summed E-state index contributed by atoms with van der Waals surface area (Å²) in [7, 11) is -1.96. The third-order valence-corrected chi connectivity index (χ3v) is 5.43. The van der Waals surface area contributed by atoms with Crippen molar-refractivity contribution in [3.05, 3.63) is 0 Å². The molecule has 0 aromatic rings. The van der Waals surface area contributed by atoms with Crippen molar-refractivity contribution in [3.8, 4) is 0 Å². The van der Waals surface area contributed by atoms with Gasteiger partial charge in [-0.1, -0.05) is 0 Å². The highest BCUT2D eigenvalue weighted by atomic mass is 32.2. The maximum atomic E-state index is 11.8. The Hall–Kier alpha value is -0.660. The molecule has 1 aliphatic carbocycles. The lowest BCUT2D eigenvalue weighted by Gasteiger charge is -2.15. The largest absolute Gasteiger partial charge is 0.469 e. The number of esters is 1. The Labute approximate surface area is 120 Å². The predicted octanol–water partition coefficient (Wildman–Crippen LogP) is 0.343. The van der Waals surface area contributed by atoms with Gasteiger partial charge in [-0.25, -0.2) is 13.1 Å². The van der Waals surface area contributed by atoms with Gasteiger partial charge in [-0.15, -0.1) is 0 Å². The van der Waals surface area contributed by atoms with Crippen molar-refractivity contribution in [1.82, 2.24) is 9.62 Å². The van der Waals surface area contributed by atoms with E-state index in [1.165, 1.54) is 20.0 Å². The molecule has 6 nitrogen and oxygen atoms in total. The highest BCUT2D eigenvalue weighted by molar-refractivity contribution is 7.89. The quantitative estimate of drug-likeness (QED) is 0.655. The molecule has 0 radical (unpaired) electrons. The number of rotatable bonds is 8. The molecule has 0 amide bonds. The molecule has 1 aliphatic heterocycles. The Morgan fingerprint density at radius 3 is 2.75 bits per heavy atom. The second-order valence-electron chi connectivity index (χ2n) is 5.73. The van der Waals surface area contributed by atoms with E-state index in [0.29, 0.717) is 18.9 Å². The SMILES string of the molecule is COC(=O)CCCS(=O)(=O)NCC1CCN(C2CC2)C1. The van der Waals surface area contributed by atoms with Crippen LogP contribution in [0.2, 0.25) is 0 Å². The number of methoxy groups -OCH3 is 1. The van der Waals surface area contributed by atoms with E-state index in [1.54, 1.807) is 0 Å². The summed E-state index contributed by atoms with van der Waals surface area (Å²) in [6, 6.07) is 0.761. The molecule has 0 aromatic carbocycles. The summed E-state index contributed by atoms with van der Waals surface area (Å²) in [5, 5.41) is 0. The number of hydrogen-bond acceptors (Lipinski definition) is 5. The Kier molecular flexibility index (Phi) is 5.40. The Morgan fingerprint density at radius 2 is 2.10 bits per heavy atom. The van der Waals surface area contributed by atoms with Gasteiger partial charge in [0.05, 0.1) is 12.9 Å². The Balaban J connectivity index is 1.63. The van der Waals surface area contributed by atoms with E-state index in [1.807, 2.05) is 0 Å². The standard InChI is InChI=1S/C13H24N2O4S/c1-19-13(16)3-2-8-20(17,18)14-9-11-6-7-15(10-11)12-4-5-12/h11-12,14H,2-10H2,1H3. The van der Waals surface area contributed by atoms with E-state index in [4.69, 9.17) is 0 Å². The summed E-state index contributed by atoms with van der Waals surface area (Å²) in [5.74, 6) is 0.0447. The average molecular weight is 304 g/mol. The van der Waals surface area contributed by atoms with Gasteiger partial charge in [-0.3, -0.25) is 4.79 Å². The number of nitrogens with zero attached hydrogens (tertiary/aromatic N) is 1. The van der Waals surface area contributed by atoms with Crippen molar-refractivity contribution >= 4 is 16.0 Å². The van der Waals surface area contributed by atoms with Crippen molar-refractivity contribution in [3.63, 3.8) is 0 Å². The molecule has 2 fully saturated rings. The third kappa shape index (κ3) is 5.03. The highest BCUT2D eigenvalue weighted by Gasteiger charge is 2.34. The van der Waals surface area contributed by atoms with Gasteiger partial charge in [0.15, 0.2) is 0 Å². The molecule has 116 valence electrons. The van der Waals surface area contributed by atoms with Gasteiger partial charge in [0.2, 0.25) is 10.0 Å². The molecule has 20 heavy (non-hydrogen) atoms. The zero-order valence-corrected chi connectivity index (χ0v) is 12.8. The maximum Gasteiger partial charge on any atom is 0.305 e. The molecule has 1 N–H and O–H groups in total. The summed E-state index contributed by atoms with van der Waals surface area (Å²) in [6.07, 6.45) is 4.12. The van der Waals surface area contributed by atoms with Crippen LogP contribution in [-0.2, 0) is 19.6 Å². The van der Waals surface area contributed by atoms with Crippen LogP contribution in [0.15, 0.2) is 0 Å². The van der Waals surface area contributed by atoms with Crippen LogP contribution in [0.25, 0.3) is 0 Å². The summed E-state index contributed by atoms with van der Waals surface area (Å²) in [4.78, 5) is 13.4. The smallest absolute Gasteiger partial charge is 0.305 e. The van der Waals surface area contributed by atoms with Crippen LogP contribution in [0.5, 0.6) is 0 Å². The van der Waals surface area contributed by atoms with Crippen LogP contribution in [0.4, 0.5) is 0 Å². The van der Waals surface area contributed by atoms with Crippen LogP contribution in [-0.4, -0.2) is 57.8 Å². The Morgan fingerprint density at radius 1 is 1.35 bits per heavy atom. The number of ether oxygens (including phenoxy) is 1. The molecular formula is C13H24N2O4S. The predicted molar refractivity (Wildman–Crippen MR) is 75.7 cm³/mol. The number of nitrogens with one attached hydrogen (secondary N) is 1. The van der Waals surface area contributed by atoms with Crippen LogP contribution >= 0.6 is 0 Å². The number of carbonyl (C=O) groups excluding carboxylic acids is 1. The molecule has 1 saturated carbocycles. The Bertz CT molecular complexity index is 434. The second kappa shape index (κ2) is 6.87. The fourth-order valence-electron chi connectivity index (χ4n) is 2.63. The minimum absolute atomic E-state index is 0.0127. The molecular weight excluding hydrogens is 280 g/mol. The fourth-order valence-corrected chi connectivity index (χ4v) is 3.78. The molecule has 2 aliphatic rings. The molecule has 0 aromatic heterocycles. The molecule has 1 unspecified atom stereocenters. The van der Waals surface area contributed by atoms with E-state index in [0.717, 1.165) is 25.6 Å². The fraction of sp³-hybridized carbons (Fsp3) is 0.923. The molecule has 0 bridgehead atoms. The van der Waals surface area contributed by atoms with Gasteiger partial charge in [0.1, 0.15) is 0 Å². The first-order valence-corrected chi connectivity index (χ1v) is 8.93. The summed E-state index contributed by atoms with van der Waals surface area (Å²) < 4.78 is 30.8. The van der Waals surface area contributed by atoms with Crippen molar-refractivity contribution in [1.29, 1.82) is 0 Å². The number of hydrogen-bond donors (Lipinski definition) is 1. The van der Waals surface area contributed by atoms with E-state index in [2.05, 4.69) is 14.4 Å². The lowest BCUT2D eigenvalue weighted by atomic mass is 10.1. The summed E-state index contributed by atoms with van der Waals surface area (Å²) in [6.45, 7) is 2.62. The molecule has 1 heterocycles. The topological polar surface area (TPSA) is 75.7 Å². The molecule has 1 atom stereocenters. The number of sulfonamides is 1. The highest BCUT2D eigenvalue weighted by Crippen LogP contribution is 2.31. The lowest BCUT2D eigenvalue weighted by Crippen LogP contribution is -2.33. The third-order valence-electron chi connectivity index (χ3n) is 3.99. The van der Waals surface area contributed by atoms with Crippen molar-refractivity contribution in [2.75, 3.05) is 32.5 Å². The van der Waals surface area contributed by atoms with E-state index < -0.39 is 10.0 Å². The van der Waals surface area contributed by atoms with Gasteiger partial charge in [-0.05, 0) is 38.1 Å². The molecule has 2 rings (SSSR count). The van der Waals surface area contributed by atoms with Crippen molar-refractivity contribution < 1.29 is 17.9 Å². The first kappa shape index (κ1) is 15.7. The molecule has 0 spiro atoms. The normalized spacial score (nSPS) is 23.9. The zero-order valence-electron chi connectivity index (χ0n) is 12.0. The maximum absolute atomic E-state index is 11.8. The van der Waals surface area contributed by atoms with Crippen LogP contribution < -0.4 is 4.72 Å². The summed E-state index contributed by atoms with van der Waals surface area (Å²) >= 11 is 0. The van der Waals surface area contributed by atoms with Gasteiger partial charge >= 0.3 is 5.97 Å². The summed E-state index contributed by atoms with van der Waals surface area (Å²) in [5.41, 5.74) is 0. The first-order chi connectivity index (χ1) is 9.50. The van der Waals surface area contributed by atoms with Crippen molar-refractivity contribution in [2.24, 2.45) is 5.92 Å².